The number of benzene rings is 4. The Bertz CT molecular complexity index is 1450. The van der Waals surface area contributed by atoms with E-state index in [0.717, 1.165) is 38.4 Å². The van der Waals surface area contributed by atoms with Crippen LogP contribution in [-0.2, 0) is 0 Å². The maximum atomic E-state index is 6.31. The summed E-state index contributed by atoms with van der Waals surface area (Å²) in [6.07, 6.45) is 3.47. The van der Waals surface area contributed by atoms with Gasteiger partial charge in [0.25, 0.3) is 0 Å². The predicted octanol–water partition coefficient (Wildman–Crippen LogP) is 5.84. The minimum atomic E-state index is 0.851. The van der Waals surface area contributed by atoms with Gasteiger partial charge in [0, 0.05) is 23.2 Å². The summed E-state index contributed by atoms with van der Waals surface area (Å²) in [5.74, 6) is 0. The van der Waals surface area contributed by atoms with Crippen molar-refractivity contribution in [2.45, 2.75) is 0 Å². The average Bonchev–Trinajstić information content (AvgIpc) is 3.09. The highest BCUT2D eigenvalue weighted by Crippen LogP contribution is 2.42. The molecule has 0 saturated heterocycles. The van der Waals surface area contributed by atoms with Crippen molar-refractivity contribution >= 4 is 54.5 Å². The van der Waals surface area contributed by atoms with Gasteiger partial charge in [0.2, 0.25) is 0 Å². The minimum absolute atomic E-state index is 0.851. The van der Waals surface area contributed by atoms with Crippen molar-refractivity contribution in [2.75, 3.05) is 0 Å². The minimum Gasteiger partial charge on any atom is -0.455 e. The van der Waals surface area contributed by atoms with Crippen LogP contribution in [0.1, 0.15) is 0 Å². The second-order valence-electron chi connectivity index (χ2n) is 6.26. The molecule has 0 unspecified atom stereocenters. The Morgan fingerprint density at radius 1 is 0.600 bits per heavy atom. The van der Waals surface area contributed by atoms with E-state index in [9.17, 15) is 0 Å². The molecule has 2 heterocycles. The molecule has 0 spiro atoms. The van der Waals surface area contributed by atoms with Gasteiger partial charge < -0.3 is 4.42 Å². The molecule has 0 aliphatic heterocycles. The summed E-state index contributed by atoms with van der Waals surface area (Å²) in [6, 6.07) is 20.9. The fraction of sp³-hybridized carbons (Fsp3) is 0. The zero-order valence-electron chi connectivity index (χ0n) is 13.2. The predicted molar refractivity (Wildman–Crippen MR) is 102 cm³/mol. The van der Waals surface area contributed by atoms with E-state index in [1.165, 1.54) is 16.2 Å². The molecular formula is C22H12N2O. The molecule has 25 heavy (non-hydrogen) atoms. The number of aromatic nitrogens is 2. The monoisotopic (exact) mass is 320 g/mol. The van der Waals surface area contributed by atoms with Gasteiger partial charge in [0.05, 0.1) is 10.9 Å². The summed E-state index contributed by atoms with van der Waals surface area (Å²) in [7, 11) is 0. The Hall–Kier alpha value is -3.46. The molecule has 6 aromatic rings. The van der Waals surface area contributed by atoms with Crippen LogP contribution in [0.15, 0.2) is 77.5 Å². The smallest absolute Gasteiger partial charge is 0.143 e. The lowest BCUT2D eigenvalue weighted by molar-refractivity contribution is 0.673. The van der Waals surface area contributed by atoms with E-state index in [-0.39, 0.29) is 0 Å². The van der Waals surface area contributed by atoms with Crippen LogP contribution in [-0.4, -0.2) is 9.97 Å². The highest BCUT2D eigenvalue weighted by Gasteiger charge is 2.17. The topological polar surface area (TPSA) is 38.9 Å². The van der Waals surface area contributed by atoms with Crippen LogP contribution in [0.5, 0.6) is 0 Å². The SMILES string of the molecule is c1ccc2c(c1)c1ccccc1c1c2oc2ccc3nccnc3c21. The van der Waals surface area contributed by atoms with Crippen LogP contribution in [0.2, 0.25) is 0 Å². The van der Waals surface area contributed by atoms with Crippen molar-refractivity contribution in [3.05, 3.63) is 73.1 Å². The molecular weight excluding hydrogens is 308 g/mol. The number of hydrogen-bond acceptors (Lipinski definition) is 3. The zero-order valence-corrected chi connectivity index (χ0v) is 13.2. The molecule has 0 atom stereocenters. The standard InChI is InChI=1S/C22H12N2O/c1-3-7-15-13(5-1)14-6-2-4-8-16(14)22-19(15)20-18(25-22)10-9-17-21(20)24-12-11-23-17/h1-12H. The average molecular weight is 320 g/mol. The van der Waals surface area contributed by atoms with Crippen LogP contribution < -0.4 is 0 Å². The molecule has 0 aliphatic rings. The number of rotatable bonds is 0. The van der Waals surface area contributed by atoms with Gasteiger partial charge in [-0.25, -0.2) is 0 Å². The Balaban J connectivity index is 2.05. The molecule has 0 saturated carbocycles. The van der Waals surface area contributed by atoms with Gasteiger partial charge in [-0.05, 0) is 28.3 Å². The molecule has 3 nitrogen and oxygen atoms in total. The molecule has 0 radical (unpaired) electrons. The third-order valence-corrected chi connectivity index (χ3v) is 4.95. The molecule has 0 bridgehead atoms. The Labute approximate surface area is 142 Å². The third-order valence-electron chi connectivity index (χ3n) is 4.95. The summed E-state index contributed by atoms with van der Waals surface area (Å²) in [5.41, 5.74) is 3.54. The highest BCUT2D eigenvalue weighted by atomic mass is 16.3. The first-order valence-corrected chi connectivity index (χ1v) is 8.27. The van der Waals surface area contributed by atoms with Gasteiger partial charge in [-0.3, -0.25) is 9.97 Å². The summed E-state index contributed by atoms with van der Waals surface area (Å²) >= 11 is 0. The normalized spacial score (nSPS) is 12.0. The fourth-order valence-corrected chi connectivity index (χ4v) is 3.92. The molecule has 0 amide bonds. The number of nitrogens with zero attached hydrogens (tertiary/aromatic N) is 2. The Morgan fingerprint density at radius 2 is 1.28 bits per heavy atom. The third kappa shape index (κ3) is 1.59. The number of furan rings is 1. The molecule has 6 rings (SSSR count). The van der Waals surface area contributed by atoms with Gasteiger partial charge in [-0.2, -0.15) is 0 Å². The van der Waals surface area contributed by atoms with Crippen molar-refractivity contribution < 1.29 is 4.42 Å². The first-order chi connectivity index (χ1) is 12.4. The lowest BCUT2D eigenvalue weighted by atomic mass is 9.96. The van der Waals surface area contributed by atoms with E-state index in [1.54, 1.807) is 12.4 Å². The van der Waals surface area contributed by atoms with Gasteiger partial charge in [-0.15, -0.1) is 0 Å². The largest absolute Gasteiger partial charge is 0.455 e. The van der Waals surface area contributed by atoms with E-state index in [4.69, 9.17) is 4.42 Å². The van der Waals surface area contributed by atoms with E-state index < -0.39 is 0 Å². The highest BCUT2D eigenvalue weighted by molar-refractivity contribution is 6.33. The first-order valence-electron chi connectivity index (χ1n) is 8.27. The van der Waals surface area contributed by atoms with Crippen molar-refractivity contribution in [2.24, 2.45) is 0 Å². The fourth-order valence-electron chi connectivity index (χ4n) is 3.92. The molecule has 116 valence electrons. The van der Waals surface area contributed by atoms with E-state index in [1.807, 2.05) is 12.1 Å². The molecule has 0 N–H and O–H groups in total. The molecule has 4 aromatic carbocycles. The lowest BCUT2D eigenvalue weighted by Gasteiger charge is -2.06. The summed E-state index contributed by atoms with van der Waals surface area (Å²) in [4.78, 5) is 9.05. The quantitative estimate of drug-likeness (QED) is 0.330. The maximum absolute atomic E-state index is 6.31. The van der Waals surface area contributed by atoms with Gasteiger partial charge in [-0.1, -0.05) is 48.5 Å². The van der Waals surface area contributed by atoms with Crippen molar-refractivity contribution in [3.8, 4) is 0 Å². The summed E-state index contributed by atoms with van der Waals surface area (Å²) in [6.45, 7) is 0. The van der Waals surface area contributed by atoms with E-state index in [2.05, 4.69) is 58.5 Å². The van der Waals surface area contributed by atoms with Crippen molar-refractivity contribution in [1.82, 2.24) is 9.97 Å². The maximum Gasteiger partial charge on any atom is 0.143 e. The number of hydrogen-bond donors (Lipinski definition) is 0. The first kappa shape index (κ1) is 12.9. The van der Waals surface area contributed by atoms with E-state index in [0.29, 0.717) is 0 Å². The van der Waals surface area contributed by atoms with Crippen molar-refractivity contribution in [3.63, 3.8) is 0 Å². The second kappa shape index (κ2) is 4.54. The molecule has 0 aliphatic carbocycles. The van der Waals surface area contributed by atoms with E-state index >= 15 is 0 Å². The van der Waals surface area contributed by atoms with Crippen LogP contribution in [0.4, 0.5) is 0 Å². The second-order valence-corrected chi connectivity index (χ2v) is 6.26. The van der Waals surface area contributed by atoms with Gasteiger partial charge in [0.1, 0.15) is 16.7 Å². The zero-order chi connectivity index (χ0) is 16.4. The Kier molecular flexibility index (Phi) is 2.35. The molecule has 2 aromatic heterocycles. The lowest BCUT2D eigenvalue weighted by Crippen LogP contribution is -1.83. The van der Waals surface area contributed by atoms with Crippen LogP contribution >= 0.6 is 0 Å². The Morgan fingerprint density at radius 3 is 2.12 bits per heavy atom. The number of fused-ring (bicyclic) bond motifs is 10. The van der Waals surface area contributed by atoms with Gasteiger partial charge >= 0.3 is 0 Å². The summed E-state index contributed by atoms with van der Waals surface area (Å²) in [5, 5.41) is 6.92. The van der Waals surface area contributed by atoms with Crippen LogP contribution in [0, 0.1) is 0 Å². The molecule has 3 heteroatoms. The van der Waals surface area contributed by atoms with Crippen LogP contribution in [0.3, 0.4) is 0 Å². The molecule has 0 fully saturated rings. The van der Waals surface area contributed by atoms with Gasteiger partial charge in [0.15, 0.2) is 0 Å². The van der Waals surface area contributed by atoms with Crippen molar-refractivity contribution in [1.29, 1.82) is 0 Å². The summed E-state index contributed by atoms with van der Waals surface area (Å²) < 4.78 is 6.31. The van der Waals surface area contributed by atoms with Crippen LogP contribution in [0.25, 0.3) is 54.5 Å².